The quantitative estimate of drug-likeness (QED) is 0.103. The monoisotopic (exact) mass is 780 g/mol. The molecule has 3 amide bonds. The number of nitrogens with zero attached hydrogens (tertiary/aromatic N) is 7. The van der Waals surface area contributed by atoms with Crippen LogP contribution in [0.25, 0.3) is 11.0 Å². The van der Waals surface area contributed by atoms with Gasteiger partial charge in [-0.25, -0.2) is 4.98 Å². The van der Waals surface area contributed by atoms with Gasteiger partial charge in [0.15, 0.2) is 11.3 Å². The van der Waals surface area contributed by atoms with Crippen molar-refractivity contribution in [1.82, 2.24) is 34.4 Å². The van der Waals surface area contributed by atoms with E-state index < -0.39 is 17.3 Å². The smallest absolute Gasteiger partial charge is 0.321 e. The maximum Gasteiger partial charge on any atom is 0.321 e. The Morgan fingerprint density at radius 1 is 1.09 bits per heavy atom. The van der Waals surface area contributed by atoms with Crippen LogP contribution >= 0.6 is 11.8 Å². The first kappa shape index (κ1) is 40.0. The minimum absolute atomic E-state index is 0.0601. The number of carbonyl (C=O) groups excluding carboxylic acids is 3. The fourth-order valence-electron chi connectivity index (χ4n) is 7.60. The van der Waals surface area contributed by atoms with E-state index in [1.807, 2.05) is 11.0 Å². The molecule has 1 saturated carbocycles. The highest BCUT2D eigenvalue weighted by Crippen LogP contribution is 2.35. The minimum Gasteiger partial charge on any atom is -0.507 e. The maximum absolute atomic E-state index is 13.5. The summed E-state index contributed by atoms with van der Waals surface area (Å²) in [4.78, 5) is 64.3. The van der Waals surface area contributed by atoms with Crippen LogP contribution in [0.5, 0.6) is 11.5 Å². The third kappa shape index (κ3) is 9.59. The molecule has 3 aromatic rings. The number of carboxylic acid groups (broad SMARTS) is 1. The lowest BCUT2D eigenvalue weighted by Crippen LogP contribution is -2.50. The summed E-state index contributed by atoms with van der Waals surface area (Å²) >= 11 is 1.13. The van der Waals surface area contributed by atoms with Gasteiger partial charge in [0.2, 0.25) is 23.7 Å². The molecule has 18 heteroatoms. The van der Waals surface area contributed by atoms with Crippen LogP contribution in [0.3, 0.4) is 0 Å². The zero-order valence-corrected chi connectivity index (χ0v) is 32.3. The third-order valence-corrected chi connectivity index (χ3v) is 12.1. The standard InChI is InChI=1S/C37H52N10O7S/c1-3-4-9-40-33-32-27(41-37(39)42-33)20-46(43-32)19-25-28(48)14-23(15-29(25)54-2)17-44-10-12-45(13-11-44)34(50)24-7-5-22(6-8-24)18-47-31(49)16-30(35(47)51)55-21-26(38)36(52)53/h14-15,20,22,24,26,30,48H,3-13,16-19,21,38H2,1-2H3,(H,52,53)(H3,39,40,41,42)/t22?,24?,26-,30?/m0/s1. The minimum atomic E-state index is -1.14. The number of likely N-dealkylation sites (tertiary alicyclic amines) is 1. The van der Waals surface area contributed by atoms with Crippen molar-refractivity contribution in [1.29, 1.82) is 0 Å². The van der Waals surface area contributed by atoms with Gasteiger partial charge in [-0.3, -0.25) is 33.7 Å². The van der Waals surface area contributed by atoms with Gasteiger partial charge in [-0.1, -0.05) is 13.3 Å². The number of rotatable bonds is 16. The van der Waals surface area contributed by atoms with Crippen LogP contribution in [0.2, 0.25) is 0 Å². The van der Waals surface area contributed by atoms with E-state index in [0.717, 1.165) is 49.6 Å². The second-order valence-corrected chi connectivity index (χ2v) is 15.9. The Morgan fingerprint density at radius 3 is 2.53 bits per heavy atom. The lowest BCUT2D eigenvalue weighted by Gasteiger charge is -2.38. The first-order chi connectivity index (χ1) is 26.4. The molecule has 3 aliphatic rings. The summed E-state index contributed by atoms with van der Waals surface area (Å²) in [6, 6.07) is 2.60. The lowest BCUT2D eigenvalue weighted by atomic mass is 9.81. The first-order valence-electron chi connectivity index (χ1n) is 19.0. The fourth-order valence-corrected chi connectivity index (χ4v) is 8.72. The molecular formula is C37H52N10O7S. The van der Waals surface area contributed by atoms with Crippen molar-refractivity contribution < 1.29 is 34.1 Å². The summed E-state index contributed by atoms with van der Waals surface area (Å²) in [5.41, 5.74) is 14.2. The number of hydrogen-bond donors (Lipinski definition) is 5. The average molecular weight is 781 g/mol. The highest BCUT2D eigenvalue weighted by atomic mass is 32.2. The van der Waals surface area contributed by atoms with Gasteiger partial charge in [0.05, 0.1) is 30.7 Å². The number of aromatic nitrogens is 4. The molecule has 2 saturated heterocycles. The van der Waals surface area contributed by atoms with Crippen molar-refractivity contribution in [2.24, 2.45) is 17.6 Å². The highest BCUT2D eigenvalue weighted by Gasteiger charge is 2.41. The Bertz CT molecular complexity index is 1880. The molecular weight excluding hydrogens is 729 g/mol. The Morgan fingerprint density at radius 2 is 1.84 bits per heavy atom. The molecule has 0 radical (unpaired) electrons. The second kappa shape index (κ2) is 17.8. The molecule has 1 unspecified atom stereocenters. The molecule has 17 nitrogen and oxygen atoms in total. The summed E-state index contributed by atoms with van der Waals surface area (Å²) in [5, 5.41) is 27.5. The van der Waals surface area contributed by atoms with Gasteiger partial charge in [-0.05, 0) is 55.7 Å². The number of aromatic hydroxyl groups is 1. The van der Waals surface area contributed by atoms with Crippen LogP contribution in [0.15, 0.2) is 18.3 Å². The van der Waals surface area contributed by atoms with E-state index in [2.05, 4.69) is 32.2 Å². The topological polar surface area (TPSA) is 235 Å². The Balaban J connectivity index is 0.972. The molecule has 0 spiro atoms. The number of piperazine rings is 1. The second-order valence-electron chi connectivity index (χ2n) is 14.7. The number of aliphatic carboxylic acids is 1. The maximum atomic E-state index is 13.5. The summed E-state index contributed by atoms with van der Waals surface area (Å²) in [5.74, 6) is 0.0163. The van der Waals surface area contributed by atoms with E-state index in [4.69, 9.17) is 21.3 Å². The number of ether oxygens (including phenoxy) is 1. The number of carboxylic acids is 1. The zero-order chi connectivity index (χ0) is 39.2. The molecule has 55 heavy (non-hydrogen) atoms. The third-order valence-electron chi connectivity index (χ3n) is 10.8. The normalized spacial score (nSPS) is 21.3. The number of carbonyl (C=O) groups is 4. The summed E-state index contributed by atoms with van der Waals surface area (Å²) in [7, 11) is 1.57. The number of amides is 3. The molecule has 7 N–H and O–H groups in total. The van der Waals surface area contributed by atoms with Crippen LogP contribution in [0.1, 0.15) is 63.0 Å². The van der Waals surface area contributed by atoms with Crippen molar-refractivity contribution in [3.05, 3.63) is 29.5 Å². The van der Waals surface area contributed by atoms with E-state index in [0.29, 0.717) is 80.3 Å². The van der Waals surface area contributed by atoms with Crippen molar-refractivity contribution >= 4 is 58.3 Å². The Labute approximate surface area is 324 Å². The number of unbranched alkanes of at least 4 members (excludes halogenated alkanes) is 1. The van der Waals surface area contributed by atoms with Crippen LogP contribution in [0.4, 0.5) is 11.8 Å². The van der Waals surface area contributed by atoms with E-state index >= 15 is 0 Å². The fraction of sp³-hybridized carbons (Fsp3) is 0.595. The number of nitrogen functional groups attached to an aromatic ring is 1. The summed E-state index contributed by atoms with van der Waals surface area (Å²) in [6.07, 6.45) is 6.79. The molecule has 298 valence electrons. The van der Waals surface area contributed by atoms with E-state index in [-0.39, 0.29) is 60.0 Å². The Kier molecular flexibility index (Phi) is 13.0. The van der Waals surface area contributed by atoms with Gasteiger partial charge in [0, 0.05) is 63.9 Å². The number of hydrogen-bond acceptors (Lipinski definition) is 14. The largest absolute Gasteiger partial charge is 0.507 e. The number of methoxy groups -OCH3 is 1. The number of thioether (sulfide) groups is 1. The predicted octanol–water partition coefficient (Wildman–Crippen LogP) is 2.11. The number of anilines is 2. The highest BCUT2D eigenvalue weighted by molar-refractivity contribution is 8.00. The lowest BCUT2D eigenvalue weighted by molar-refractivity contribution is -0.141. The van der Waals surface area contributed by atoms with Gasteiger partial charge in [0.1, 0.15) is 23.1 Å². The average Bonchev–Trinajstić information content (AvgIpc) is 3.70. The summed E-state index contributed by atoms with van der Waals surface area (Å²) in [6.45, 7) is 6.64. The zero-order valence-electron chi connectivity index (χ0n) is 31.5. The predicted molar refractivity (Wildman–Crippen MR) is 207 cm³/mol. The molecule has 3 fully saturated rings. The molecule has 2 atom stereocenters. The van der Waals surface area contributed by atoms with Gasteiger partial charge in [-0.15, -0.1) is 11.8 Å². The van der Waals surface area contributed by atoms with E-state index in [1.165, 1.54) is 4.90 Å². The molecule has 0 bridgehead atoms. The summed E-state index contributed by atoms with van der Waals surface area (Å²) < 4.78 is 7.41. The van der Waals surface area contributed by atoms with Crippen LogP contribution in [-0.2, 0) is 32.3 Å². The molecule has 6 rings (SSSR count). The molecule has 1 aliphatic carbocycles. The first-order valence-corrected chi connectivity index (χ1v) is 20.1. The molecule has 2 aromatic heterocycles. The van der Waals surface area contributed by atoms with Gasteiger partial charge in [-0.2, -0.15) is 10.1 Å². The van der Waals surface area contributed by atoms with Crippen molar-refractivity contribution in [2.45, 2.75) is 76.3 Å². The number of nitrogens with one attached hydrogen (secondary N) is 1. The number of phenolic OH excluding ortho intramolecular Hbond substituents is 1. The molecule has 2 aliphatic heterocycles. The Hall–Kier alpha value is -4.68. The molecule has 4 heterocycles. The number of imide groups is 1. The van der Waals surface area contributed by atoms with Crippen molar-refractivity contribution in [3.8, 4) is 11.5 Å². The number of fused-ring (bicyclic) bond motifs is 1. The van der Waals surface area contributed by atoms with Crippen LogP contribution in [-0.4, -0.2) is 132 Å². The van der Waals surface area contributed by atoms with E-state index in [1.54, 1.807) is 24.1 Å². The van der Waals surface area contributed by atoms with Gasteiger partial charge < -0.3 is 36.6 Å². The van der Waals surface area contributed by atoms with Crippen LogP contribution < -0.4 is 21.5 Å². The van der Waals surface area contributed by atoms with E-state index in [9.17, 15) is 24.3 Å². The SMILES string of the molecule is CCCCNc1nc(N)nc2cn(Cc3c(O)cc(CN4CCN(C(=O)C5CCC(CN6C(=O)CC(SC[C@H](N)C(=O)O)C6=O)CC5)CC4)cc3OC)nc12. The van der Waals surface area contributed by atoms with Crippen LogP contribution in [0, 0.1) is 11.8 Å². The van der Waals surface area contributed by atoms with Crippen molar-refractivity contribution in [2.75, 3.05) is 63.2 Å². The number of nitrogens with two attached hydrogens (primary N) is 2. The van der Waals surface area contributed by atoms with Gasteiger partial charge in [0.25, 0.3) is 0 Å². The number of benzene rings is 1. The van der Waals surface area contributed by atoms with Gasteiger partial charge >= 0.3 is 5.97 Å². The van der Waals surface area contributed by atoms with Crippen molar-refractivity contribution in [3.63, 3.8) is 0 Å². The number of phenols is 1. The molecule has 1 aromatic carbocycles.